The largest absolute Gasteiger partial charge is 0.229 e. The Labute approximate surface area is 105 Å². The maximum atomic E-state index is 8.79. The molecule has 16 heavy (non-hydrogen) atoms. The minimum atomic E-state index is 0.308. The zero-order valence-electron chi connectivity index (χ0n) is 8.14. The minimum Gasteiger partial charge on any atom is -0.229 e. The number of rotatable bonds is 2. The van der Waals surface area contributed by atoms with Crippen LogP contribution in [0.1, 0.15) is 11.4 Å². The lowest BCUT2D eigenvalue weighted by atomic mass is 10.3. The highest BCUT2D eigenvalue weighted by atomic mass is 35.5. The Morgan fingerprint density at radius 1 is 1.44 bits per heavy atom. The van der Waals surface area contributed by atoms with Gasteiger partial charge in [-0.1, -0.05) is 11.6 Å². The summed E-state index contributed by atoms with van der Waals surface area (Å²) in [5, 5.41) is 9.75. The van der Waals surface area contributed by atoms with Gasteiger partial charge in [0.25, 0.3) is 0 Å². The van der Waals surface area contributed by atoms with Gasteiger partial charge >= 0.3 is 0 Å². The van der Waals surface area contributed by atoms with Crippen molar-refractivity contribution in [3.63, 3.8) is 0 Å². The second-order valence-electron chi connectivity index (χ2n) is 2.84. The number of aromatic nitrogens is 3. The van der Waals surface area contributed by atoms with Gasteiger partial charge in [-0.15, -0.1) is 0 Å². The molecule has 0 amide bonds. The van der Waals surface area contributed by atoms with E-state index in [4.69, 9.17) is 16.9 Å². The smallest absolute Gasteiger partial charge is 0.176 e. The van der Waals surface area contributed by atoms with Crippen LogP contribution < -0.4 is 0 Å². The van der Waals surface area contributed by atoms with Gasteiger partial charge in [-0.25, -0.2) is 9.97 Å². The second-order valence-corrected chi connectivity index (χ2v) is 5.24. The number of hydrogen-bond donors (Lipinski definition) is 0. The van der Waals surface area contributed by atoms with Crippen LogP contribution in [-0.4, -0.2) is 14.3 Å². The molecule has 0 spiro atoms. The fraction of sp³-hybridized carbons (Fsp3) is 0.111. The predicted molar refractivity (Wildman–Crippen MR) is 62.7 cm³/mol. The summed E-state index contributed by atoms with van der Waals surface area (Å²) in [6, 6.07) is 5.23. The normalized spacial score (nSPS) is 10.1. The van der Waals surface area contributed by atoms with Crippen LogP contribution in [-0.2, 0) is 0 Å². The number of pyridine rings is 1. The summed E-state index contributed by atoms with van der Waals surface area (Å²) in [5.41, 5.74) is 0.490. The highest BCUT2D eigenvalue weighted by Crippen LogP contribution is 2.28. The van der Waals surface area contributed by atoms with E-state index in [0.717, 1.165) is 10.2 Å². The Morgan fingerprint density at radius 3 is 2.88 bits per heavy atom. The average molecular weight is 269 g/mol. The first-order chi connectivity index (χ1) is 7.67. The number of halogens is 1. The Hall–Kier alpha value is -1.16. The van der Waals surface area contributed by atoms with E-state index in [1.807, 2.05) is 13.0 Å². The molecule has 0 N–H and O–H groups in total. The Bertz CT molecular complexity index is 561. The zero-order chi connectivity index (χ0) is 11.5. The van der Waals surface area contributed by atoms with Crippen molar-refractivity contribution < 1.29 is 0 Å². The SMILES string of the molecule is Cc1nsc(Sc2cc(C#N)cc(Cl)n2)n1. The summed E-state index contributed by atoms with van der Waals surface area (Å²) in [7, 11) is 0. The molecule has 0 bridgehead atoms. The molecule has 0 fully saturated rings. The summed E-state index contributed by atoms with van der Waals surface area (Å²) in [6.07, 6.45) is 0. The van der Waals surface area contributed by atoms with Crippen molar-refractivity contribution in [2.75, 3.05) is 0 Å². The van der Waals surface area contributed by atoms with Gasteiger partial charge in [0.1, 0.15) is 16.0 Å². The molecule has 0 radical (unpaired) electrons. The quantitative estimate of drug-likeness (QED) is 0.784. The van der Waals surface area contributed by atoms with Crippen molar-refractivity contribution in [1.29, 1.82) is 5.26 Å². The third-order valence-corrected chi connectivity index (χ3v) is 3.55. The molecule has 7 heteroatoms. The van der Waals surface area contributed by atoms with Crippen molar-refractivity contribution in [3.8, 4) is 6.07 Å². The van der Waals surface area contributed by atoms with Gasteiger partial charge in [0.05, 0.1) is 11.6 Å². The molecule has 2 heterocycles. The maximum Gasteiger partial charge on any atom is 0.176 e. The molecule has 2 aromatic rings. The number of nitrogens with zero attached hydrogens (tertiary/aromatic N) is 4. The van der Waals surface area contributed by atoms with Gasteiger partial charge in [-0.05, 0) is 42.4 Å². The van der Waals surface area contributed by atoms with Gasteiger partial charge in [0.15, 0.2) is 4.34 Å². The summed E-state index contributed by atoms with van der Waals surface area (Å²) in [6.45, 7) is 1.83. The molecule has 0 saturated carbocycles. The first kappa shape index (κ1) is 11.3. The highest BCUT2D eigenvalue weighted by Gasteiger charge is 2.06. The van der Waals surface area contributed by atoms with E-state index in [1.54, 1.807) is 6.07 Å². The zero-order valence-corrected chi connectivity index (χ0v) is 10.5. The summed E-state index contributed by atoms with van der Waals surface area (Å²) >= 11 is 8.44. The fourth-order valence-corrected chi connectivity index (χ4v) is 2.88. The lowest BCUT2D eigenvalue weighted by Gasteiger charge is -1.97. The van der Waals surface area contributed by atoms with Crippen molar-refractivity contribution in [3.05, 3.63) is 28.7 Å². The minimum absolute atomic E-state index is 0.308. The molecule has 0 aromatic carbocycles. The lowest BCUT2D eigenvalue weighted by molar-refractivity contribution is 1.08. The van der Waals surface area contributed by atoms with Crippen LogP contribution in [0.2, 0.25) is 5.15 Å². The van der Waals surface area contributed by atoms with Gasteiger partial charge in [-0.2, -0.15) is 9.64 Å². The Balaban J connectivity index is 2.28. The molecule has 0 aliphatic rings. The Kier molecular flexibility index (Phi) is 3.39. The first-order valence-electron chi connectivity index (χ1n) is 4.23. The fourth-order valence-electron chi connectivity index (χ4n) is 0.999. The monoisotopic (exact) mass is 268 g/mol. The molecule has 0 atom stereocenters. The van der Waals surface area contributed by atoms with Gasteiger partial charge in [0.2, 0.25) is 0 Å². The topological polar surface area (TPSA) is 62.5 Å². The standard InChI is InChI=1S/C9H5ClN4S2/c1-5-12-9(16-14-5)15-8-3-6(4-11)2-7(10)13-8/h2-3H,1H3. The molecule has 4 nitrogen and oxygen atoms in total. The molecule has 2 aromatic heterocycles. The van der Waals surface area contributed by atoms with E-state index >= 15 is 0 Å². The molecule has 2 rings (SSSR count). The second kappa shape index (κ2) is 4.78. The summed E-state index contributed by atoms with van der Waals surface area (Å²) in [5.74, 6) is 0.732. The van der Waals surface area contributed by atoms with Gasteiger partial charge in [0, 0.05) is 0 Å². The molecule has 0 aliphatic heterocycles. The third-order valence-electron chi connectivity index (χ3n) is 1.60. The van der Waals surface area contributed by atoms with Gasteiger partial charge < -0.3 is 0 Å². The molecule has 0 aliphatic carbocycles. The van der Waals surface area contributed by atoms with E-state index in [-0.39, 0.29) is 0 Å². The van der Waals surface area contributed by atoms with E-state index in [0.29, 0.717) is 15.7 Å². The molecule has 80 valence electrons. The van der Waals surface area contributed by atoms with Crippen LogP contribution in [0.5, 0.6) is 0 Å². The van der Waals surface area contributed by atoms with Crippen LogP contribution in [0.4, 0.5) is 0 Å². The van der Waals surface area contributed by atoms with Crippen molar-refractivity contribution in [1.82, 2.24) is 14.3 Å². The van der Waals surface area contributed by atoms with Crippen LogP contribution in [0.3, 0.4) is 0 Å². The molecule has 0 saturated heterocycles. The maximum absolute atomic E-state index is 8.79. The van der Waals surface area contributed by atoms with Crippen LogP contribution in [0.15, 0.2) is 21.5 Å². The van der Waals surface area contributed by atoms with Crippen LogP contribution in [0.25, 0.3) is 0 Å². The number of aryl methyl sites for hydroxylation is 1. The predicted octanol–water partition coefficient (Wildman–Crippen LogP) is 2.92. The van der Waals surface area contributed by atoms with E-state index in [9.17, 15) is 0 Å². The van der Waals surface area contributed by atoms with E-state index in [2.05, 4.69) is 14.3 Å². The van der Waals surface area contributed by atoms with Crippen molar-refractivity contribution in [2.24, 2.45) is 0 Å². The Morgan fingerprint density at radius 2 is 2.25 bits per heavy atom. The van der Waals surface area contributed by atoms with E-state index in [1.165, 1.54) is 29.4 Å². The molecular formula is C9H5ClN4S2. The summed E-state index contributed by atoms with van der Waals surface area (Å²) < 4.78 is 4.85. The highest BCUT2D eigenvalue weighted by molar-refractivity contribution is 8.00. The van der Waals surface area contributed by atoms with Gasteiger partial charge in [-0.3, -0.25) is 0 Å². The number of nitriles is 1. The lowest BCUT2D eigenvalue weighted by Crippen LogP contribution is -1.84. The molecule has 0 unspecified atom stereocenters. The van der Waals surface area contributed by atoms with Crippen LogP contribution >= 0.6 is 34.9 Å². The van der Waals surface area contributed by atoms with Crippen molar-refractivity contribution in [2.45, 2.75) is 16.3 Å². The number of hydrogen-bond acceptors (Lipinski definition) is 6. The first-order valence-corrected chi connectivity index (χ1v) is 6.20. The van der Waals surface area contributed by atoms with Crippen LogP contribution in [0, 0.1) is 18.3 Å². The van der Waals surface area contributed by atoms with Crippen molar-refractivity contribution >= 4 is 34.9 Å². The van der Waals surface area contributed by atoms with E-state index < -0.39 is 0 Å². The summed E-state index contributed by atoms with van der Waals surface area (Å²) in [4.78, 5) is 8.30. The molecular weight excluding hydrogens is 264 g/mol. The third kappa shape index (κ3) is 2.70. The average Bonchev–Trinajstić information content (AvgIpc) is 2.63.